The van der Waals surface area contributed by atoms with Crippen LogP contribution in [0.25, 0.3) is 0 Å². The van der Waals surface area contributed by atoms with E-state index in [1.807, 2.05) is 0 Å². The fourth-order valence-electron chi connectivity index (χ4n) is 0.257. The third-order valence-corrected chi connectivity index (χ3v) is 1.83. The first-order chi connectivity index (χ1) is 6.32. The van der Waals surface area contributed by atoms with Crippen LogP contribution in [0, 0.1) is 0 Å². The monoisotopic (exact) mass is 331 g/mol. The molecular formula is C8H15Br2NO3. The summed E-state index contributed by atoms with van der Waals surface area (Å²) in [6, 6.07) is 0. The second-order valence-electron chi connectivity index (χ2n) is 2.39. The number of hydrogen-bond acceptors (Lipinski definition) is 3. The number of carbonyl (C=O) groups excluding carboxylic acids is 2. The lowest BCUT2D eigenvalue weighted by atomic mass is 10.5. The molecule has 14 heavy (non-hydrogen) atoms. The molecule has 0 bridgehead atoms. The van der Waals surface area contributed by atoms with Crippen molar-refractivity contribution < 1.29 is 14.3 Å². The van der Waals surface area contributed by atoms with Gasteiger partial charge >= 0.3 is 5.97 Å². The number of carbonyl (C=O) groups is 2. The van der Waals surface area contributed by atoms with Crippen molar-refractivity contribution in [2.45, 2.75) is 30.4 Å². The number of rotatable bonds is 3. The molecule has 4 nitrogen and oxygen atoms in total. The lowest BCUT2D eigenvalue weighted by Gasteiger charge is -2.00. The van der Waals surface area contributed by atoms with Gasteiger partial charge in [-0.15, -0.1) is 0 Å². The molecule has 1 amide bonds. The highest BCUT2D eigenvalue weighted by atomic mass is 79.9. The third kappa shape index (κ3) is 11.9. The summed E-state index contributed by atoms with van der Waals surface area (Å²) in [5.74, 6) is -0.525. The first-order valence-corrected chi connectivity index (χ1v) is 5.90. The number of primary amides is 1. The van der Waals surface area contributed by atoms with E-state index in [1.165, 1.54) is 0 Å². The van der Waals surface area contributed by atoms with Crippen LogP contribution in [0.15, 0.2) is 0 Å². The molecule has 2 unspecified atom stereocenters. The highest BCUT2D eigenvalue weighted by molar-refractivity contribution is 9.10. The van der Waals surface area contributed by atoms with Crippen LogP contribution in [-0.4, -0.2) is 28.1 Å². The van der Waals surface area contributed by atoms with Gasteiger partial charge < -0.3 is 10.5 Å². The SMILES string of the molecule is CC(Br)C(N)=O.CCOC(=O)C(C)Br. The van der Waals surface area contributed by atoms with Crippen LogP contribution in [0.1, 0.15) is 20.8 Å². The predicted molar refractivity (Wildman–Crippen MR) is 62.6 cm³/mol. The van der Waals surface area contributed by atoms with Crippen LogP contribution in [0.5, 0.6) is 0 Å². The van der Waals surface area contributed by atoms with Crippen LogP contribution in [0.4, 0.5) is 0 Å². The Morgan fingerprint density at radius 2 is 1.64 bits per heavy atom. The van der Waals surface area contributed by atoms with Crippen molar-refractivity contribution >= 4 is 43.7 Å². The molecule has 0 saturated carbocycles. The van der Waals surface area contributed by atoms with E-state index in [1.54, 1.807) is 20.8 Å². The highest BCUT2D eigenvalue weighted by Gasteiger charge is 2.07. The Kier molecular flexibility index (Phi) is 11.0. The summed E-state index contributed by atoms with van der Waals surface area (Å²) in [4.78, 5) is 20.0. The van der Waals surface area contributed by atoms with Gasteiger partial charge in [0.25, 0.3) is 0 Å². The maximum Gasteiger partial charge on any atom is 0.319 e. The molecule has 0 saturated heterocycles. The summed E-state index contributed by atoms with van der Waals surface area (Å²) in [5.41, 5.74) is 4.75. The quantitative estimate of drug-likeness (QED) is 0.630. The van der Waals surface area contributed by atoms with E-state index in [0.717, 1.165) is 0 Å². The largest absolute Gasteiger partial charge is 0.465 e. The summed E-state index contributed by atoms with van der Waals surface area (Å²) in [5, 5.41) is 0. The topological polar surface area (TPSA) is 69.4 Å². The molecule has 0 aromatic heterocycles. The molecule has 0 aliphatic heterocycles. The second-order valence-corrected chi connectivity index (χ2v) is 5.13. The third-order valence-electron chi connectivity index (χ3n) is 1.00. The highest BCUT2D eigenvalue weighted by Crippen LogP contribution is 1.98. The smallest absolute Gasteiger partial charge is 0.319 e. The molecular weight excluding hydrogens is 318 g/mol. The number of alkyl halides is 2. The van der Waals surface area contributed by atoms with E-state index in [0.29, 0.717) is 6.61 Å². The maximum absolute atomic E-state index is 10.5. The van der Waals surface area contributed by atoms with Crippen LogP contribution >= 0.6 is 31.9 Å². The summed E-state index contributed by atoms with van der Waals surface area (Å²) >= 11 is 6.03. The van der Waals surface area contributed by atoms with E-state index in [4.69, 9.17) is 5.73 Å². The molecule has 6 heteroatoms. The number of ether oxygens (including phenoxy) is 1. The van der Waals surface area contributed by atoms with Gasteiger partial charge in [-0.05, 0) is 20.8 Å². The Hall–Kier alpha value is -0.100. The number of esters is 1. The predicted octanol–water partition coefficient (Wildman–Crippen LogP) is 1.59. The summed E-state index contributed by atoms with van der Waals surface area (Å²) < 4.78 is 4.62. The Balaban J connectivity index is 0. The van der Waals surface area contributed by atoms with Crippen molar-refractivity contribution in [3.63, 3.8) is 0 Å². The minimum Gasteiger partial charge on any atom is -0.465 e. The lowest BCUT2D eigenvalue weighted by molar-refractivity contribution is -0.141. The van der Waals surface area contributed by atoms with E-state index < -0.39 is 0 Å². The minimum absolute atomic E-state index is 0.178. The number of halogens is 2. The zero-order chi connectivity index (χ0) is 11.7. The Bertz CT molecular complexity index is 183. The van der Waals surface area contributed by atoms with E-state index in [-0.39, 0.29) is 21.5 Å². The Morgan fingerprint density at radius 3 is 1.71 bits per heavy atom. The van der Waals surface area contributed by atoms with Crippen LogP contribution in [0.2, 0.25) is 0 Å². The van der Waals surface area contributed by atoms with Gasteiger partial charge in [-0.1, -0.05) is 31.9 Å². The molecule has 84 valence electrons. The zero-order valence-electron chi connectivity index (χ0n) is 8.42. The van der Waals surface area contributed by atoms with Crippen LogP contribution in [0.3, 0.4) is 0 Å². The second kappa shape index (κ2) is 9.45. The molecule has 0 aliphatic carbocycles. The zero-order valence-corrected chi connectivity index (χ0v) is 11.6. The van der Waals surface area contributed by atoms with Crippen molar-refractivity contribution in [2.75, 3.05) is 6.61 Å². The van der Waals surface area contributed by atoms with Gasteiger partial charge in [0.15, 0.2) is 0 Å². The van der Waals surface area contributed by atoms with Gasteiger partial charge in [0.2, 0.25) is 5.91 Å². The Labute approximate surface area is 101 Å². The first-order valence-electron chi connectivity index (χ1n) is 4.07. The summed E-state index contributed by atoms with van der Waals surface area (Å²) in [6.07, 6.45) is 0. The molecule has 0 heterocycles. The van der Waals surface area contributed by atoms with Gasteiger partial charge in [0, 0.05) is 0 Å². The molecule has 0 radical (unpaired) electrons. The van der Waals surface area contributed by atoms with Gasteiger partial charge in [0.1, 0.15) is 4.83 Å². The molecule has 2 N–H and O–H groups in total. The molecule has 0 aliphatic rings. The van der Waals surface area contributed by atoms with E-state index >= 15 is 0 Å². The lowest BCUT2D eigenvalue weighted by Crippen LogP contribution is -2.19. The van der Waals surface area contributed by atoms with E-state index in [9.17, 15) is 9.59 Å². The number of hydrogen-bond donors (Lipinski definition) is 1. The number of nitrogens with two attached hydrogens (primary N) is 1. The normalized spacial score (nSPS) is 13.2. The van der Waals surface area contributed by atoms with Gasteiger partial charge in [0.05, 0.1) is 11.4 Å². The maximum atomic E-state index is 10.5. The molecule has 2 atom stereocenters. The average Bonchev–Trinajstić information content (AvgIpc) is 2.05. The standard InChI is InChI=1S/C5H9BrO2.C3H6BrNO/c1-3-8-5(7)4(2)6;1-2(4)3(5)6/h4H,3H2,1-2H3;2H,1H3,(H2,5,6). The van der Waals surface area contributed by atoms with Crippen molar-refractivity contribution in [2.24, 2.45) is 5.73 Å². The van der Waals surface area contributed by atoms with Crippen LogP contribution < -0.4 is 5.73 Å². The average molecular weight is 333 g/mol. The van der Waals surface area contributed by atoms with Crippen molar-refractivity contribution in [1.82, 2.24) is 0 Å². The minimum atomic E-state index is -0.324. The molecule has 0 aromatic carbocycles. The summed E-state index contributed by atoms with van der Waals surface area (Å²) in [7, 11) is 0. The number of amides is 1. The molecule has 0 aromatic rings. The Morgan fingerprint density at radius 1 is 1.29 bits per heavy atom. The molecule has 0 rings (SSSR count). The van der Waals surface area contributed by atoms with Crippen molar-refractivity contribution in [3.8, 4) is 0 Å². The molecule has 0 fully saturated rings. The van der Waals surface area contributed by atoms with Gasteiger partial charge in [-0.25, -0.2) is 0 Å². The first kappa shape index (κ1) is 16.3. The van der Waals surface area contributed by atoms with Gasteiger partial charge in [-0.3, -0.25) is 9.59 Å². The molecule has 0 spiro atoms. The summed E-state index contributed by atoms with van der Waals surface area (Å²) in [6.45, 7) is 5.66. The fraction of sp³-hybridized carbons (Fsp3) is 0.750. The van der Waals surface area contributed by atoms with E-state index in [2.05, 4.69) is 36.6 Å². The van der Waals surface area contributed by atoms with Crippen molar-refractivity contribution in [3.05, 3.63) is 0 Å². The fourth-order valence-corrected chi connectivity index (χ4v) is 0.389. The van der Waals surface area contributed by atoms with Crippen molar-refractivity contribution in [1.29, 1.82) is 0 Å². The van der Waals surface area contributed by atoms with Crippen LogP contribution in [-0.2, 0) is 14.3 Å². The van der Waals surface area contributed by atoms with Gasteiger partial charge in [-0.2, -0.15) is 0 Å².